The van der Waals surface area contributed by atoms with Crippen LogP contribution in [0.5, 0.6) is 17.4 Å². The summed E-state index contributed by atoms with van der Waals surface area (Å²) in [5, 5.41) is 2.25. The van der Waals surface area contributed by atoms with Crippen molar-refractivity contribution in [3.05, 3.63) is 71.6 Å². The predicted octanol–water partition coefficient (Wildman–Crippen LogP) is 5.76. The van der Waals surface area contributed by atoms with Crippen molar-refractivity contribution >= 4 is 33.0 Å². The van der Waals surface area contributed by atoms with Gasteiger partial charge in [0.1, 0.15) is 22.1 Å². The number of hydrogen-bond donors (Lipinski definition) is 1. The van der Waals surface area contributed by atoms with Crippen molar-refractivity contribution in [3.63, 3.8) is 0 Å². The molecule has 1 aromatic heterocycles. The van der Waals surface area contributed by atoms with Gasteiger partial charge in [-0.15, -0.1) is 13.2 Å². The molecular weight excluding hydrogens is 516 g/mol. The highest BCUT2D eigenvalue weighted by Crippen LogP contribution is 2.31. The Labute approximate surface area is 202 Å². The number of nitrogens with zero attached hydrogens (tertiary/aromatic N) is 1. The number of aromatic nitrogens is 1. The van der Waals surface area contributed by atoms with E-state index in [-0.39, 0.29) is 22.3 Å². The van der Waals surface area contributed by atoms with E-state index in [2.05, 4.69) is 15.0 Å². The number of anilines is 1. The maximum atomic E-state index is 13.2. The summed E-state index contributed by atoms with van der Waals surface area (Å²) in [5.41, 5.74) is 0.122. The van der Waals surface area contributed by atoms with Crippen LogP contribution >= 0.6 is 11.6 Å². The Morgan fingerprint density at radius 2 is 1.74 bits per heavy atom. The van der Waals surface area contributed by atoms with Crippen LogP contribution in [0.1, 0.15) is 13.8 Å². The Morgan fingerprint density at radius 1 is 1.03 bits per heavy atom. The first-order valence-electron chi connectivity index (χ1n) is 9.70. The van der Waals surface area contributed by atoms with Gasteiger partial charge in [0.25, 0.3) is 0 Å². The van der Waals surface area contributed by atoms with E-state index < -0.39 is 43.3 Å². The van der Waals surface area contributed by atoms with Crippen molar-refractivity contribution in [2.45, 2.75) is 29.9 Å². The summed E-state index contributed by atoms with van der Waals surface area (Å²) in [6.07, 6.45) is -3.82. The molecule has 186 valence electrons. The van der Waals surface area contributed by atoms with Crippen LogP contribution in [-0.2, 0) is 14.6 Å². The van der Waals surface area contributed by atoms with Gasteiger partial charge in [-0.25, -0.2) is 17.8 Å². The molecule has 0 aliphatic heterocycles. The molecule has 35 heavy (non-hydrogen) atoms. The van der Waals surface area contributed by atoms with Crippen LogP contribution < -0.4 is 14.8 Å². The number of rotatable bonds is 7. The second-order valence-electron chi connectivity index (χ2n) is 7.55. The summed E-state index contributed by atoms with van der Waals surface area (Å²) >= 11 is 5.69. The molecule has 7 nitrogen and oxygen atoms in total. The zero-order valence-corrected chi connectivity index (χ0v) is 19.6. The number of nitrogens with one attached hydrogen (secondary N) is 1. The van der Waals surface area contributed by atoms with E-state index in [1.54, 1.807) is 0 Å². The van der Waals surface area contributed by atoms with Crippen molar-refractivity contribution in [3.8, 4) is 17.4 Å². The second-order valence-corrected chi connectivity index (χ2v) is 10.5. The van der Waals surface area contributed by atoms with E-state index in [4.69, 9.17) is 16.3 Å². The summed E-state index contributed by atoms with van der Waals surface area (Å²) < 4.78 is 83.9. The average Bonchev–Trinajstić information content (AvgIpc) is 2.76. The number of benzene rings is 2. The number of hydrogen-bond acceptors (Lipinski definition) is 6. The van der Waals surface area contributed by atoms with Gasteiger partial charge in [0, 0.05) is 12.1 Å². The van der Waals surface area contributed by atoms with Gasteiger partial charge in [-0.1, -0.05) is 17.7 Å². The fourth-order valence-electron chi connectivity index (χ4n) is 2.71. The number of carbonyl (C=O) groups is 1. The van der Waals surface area contributed by atoms with Gasteiger partial charge >= 0.3 is 6.36 Å². The van der Waals surface area contributed by atoms with E-state index >= 15 is 0 Å². The predicted molar refractivity (Wildman–Crippen MR) is 119 cm³/mol. The van der Waals surface area contributed by atoms with Gasteiger partial charge in [-0.05, 0) is 50.2 Å². The molecule has 0 aliphatic carbocycles. The van der Waals surface area contributed by atoms with Gasteiger partial charge in [0.15, 0.2) is 9.84 Å². The van der Waals surface area contributed by atoms with Crippen LogP contribution in [0.15, 0.2) is 65.7 Å². The maximum Gasteiger partial charge on any atom is 0.573 e. The molecule has 3 aromatic rings. The minimum absolute atomic E-state index is 0.0824. The van der Waals surface area contributed by atoms with Crippen molar-refractivity contribution in [2.24, 2.45) is 0 Å². The maximum absolute atomic E-state index is 13.2. The molecule has 1 amide bonds. The number of halogens is 5. The van der Waals surface area contributed by atoms with Crippen LogP contribution in [-0.4, -0.2) is 30.4 Å². The van der Waals surface area contributed by atoms with Gasteiger partial charge < -0.3 is 14.8 Å². The molecular formula is C22H17ClF4N2O5S. The minimum atomic E-state index is -5.01. The van der Waals surface area contributed by atoms with Gasteiger partial charge in [-0.2, -0.15) is 0 Å². The molecule has 1 N–H and O–H groups in total. The zero-order chi connectivity index (χ0) is 26.0. The first-order valence-corrected chi connectivity index (χ1v) is 11.6. The molecule has 0 aliphatic rings. The van der Waals surface area contributed by atoms with E-state index in [0.717, 1.165) is 38.1 Å². The summed E-state index contributed by atoms with van der Waals surface area (Å²) in [6, 6.07) is 10.2. The average molecular weight is 533 g/mol. The van der Waals surface area contributed by atoms with E-state index in [9.17, 15) is 30.8 Å². The molecule has 0 saturated carbocycles. The standard InChI is InChI=1S/C22H17ClF4N2O5S/c1-21(2,35(31,32)16-5-3-4-15(10-16)34-22(25,26)27)20(30)29-13-6-9-19(28-12-13)33-14-7-8-18(24)17(23)11-14/h3-12H,1-2H3,(H,29,30). The molecule has 0 fully saturated rings. The Balaban J connectivity index is 1.74. The second kappa shape index (κ2) is 9.70. The lowest BCUT2D eigenvalue weighted by Gasteiger charge is -2.24. The number of sulfone groups is 1. The monoisotopic (exact) mass is 532 g/mol. The quantitative estimate of drug-likeness (QED) is 0.389. The first kappa shape index (κ1) is 26.2. The molecule has 0 unspecified atom stereocenters. The highest BCUT2D eigenvalue weighted by atomic mass is 35.5. The number of pyridine rings is 1. The van der Waals surface area contributed by atoms with Crippen molar-refractivity contribution in [1.82, 2.24) is 4.98 Å². The lowest BCUT2D eigenvalue weighted by atomic mass is 10.2. The Kier molecular flexibility index (Phi) is 7.27. The number of carbonyl (C=O) groups excluding carboxylic acids is 1. The fraction of sp³-hybridized carbons (Fsp3) is 0.182. The number of amides is 1. The molecule has 0 saturated heterocycles. The first-order chi connectivity index (χ1) is 16.2. The SMILES string of the molecule is CC(C)(C(=O)Nc1ccc(Oc2ccc(F)c(Cl)c2)nc1)S(=O)(=O)c1cccc(OC(F)(F)F)c1. The van der Waals surface area contributed by atoms with Crippen LogP contribution in [0.2, 0.25) is 5.02 Å². The van der Waals surface area contributed by atoms with E-state index in [1.165, 1.54) is 30.5 Å². The van der Waals surface area contributed by atoms with Crippen LogP contribution in [0.3, 0.4) is 0 Å². The van der Waals surface area contributed by atoms with Gasteiger partial charge in [0.2, 0.25) is 11.8 Å². The van der Waals surface area contributed by atoms with Crippen LogP contribution in [0.4, 0.5) is 23.2 Å². The molecule has 2 aromatic carbocycles. The summed E-state index contributed by atoms with van der Waals surface area (Å²) in [6.45, 7) is 2.22. The Morgan fingerprint density at radius 3 is 2.34 bits per heavy atom. The highest BCUT2D eigenvalue weighted by molar-refractivity contribution is 7.93. The van der Waals surface area contributed by atoms with Gasteiger partial charge in [-0.3, -0.25) is 4.79 Å². The molecule has 0 radical (unpaired) electrons. The molecule has 0 bridgehead atoms. The third-order valence-electron chi connectivity index (χ3n) is 4.68. The summed E-state index contributed by atoms with van der Waals surface area (Å²) in [5.74, 6) is -2.02. The van der Waals surface area contributed by atoms with E-state index in [1.807, 2.05) is 0 Å². The Hall–Kier alpha value is -3.38. The smallest absolute Gasteiger partial charge is 0.439 e. The summed E-state index contributed by atoms with van der Waals surface area (Å²) in [7, 11) is -4.44. The topological polar surface area (TPSA) is 94.6 Å². The van der Waals surface area contributed by atoms with Crippen molar-refractivity contribution in [2.75, 3.05) is 5.32 Å². The molecule has 13 heteroatoms. The minimum Gasteiger partial charge on any atom is -0.439 e. The number of alkyl halides is 3. The fourth-order valence-corrected chi connectivity index (χ4v) is 4.30. The zero-order valence-electron chi connectivity index (χ0n) is 18.1. The van der Waals surface area contributed by atoms with Crippen LogP contribution in [0.25, 0.3) is 0 Å². The van der Waals surface area contributed by atoms with Crippen molar-refractivity contribution in [1.29, 1.82) is 0 Å². The highest BCUT2D eigenvalue weighted by Gasteiger charge is 2.43. The molecule has 0 spiro atoms. The largest absolute Gasteiger partial charge is 0.573 e. The molecule has 0 atom stereocenters. The number of ether oxygens (including phenoxy) is 2. The third kappa shape index (κ3) is 6.20. The van der Waals surface area contributed by atoms with Crippen LogP contribution in [0, 0.1) is 5.82 Å². The lowest BCUT2D eigenvalue weighted by molar-refractivity contribution is -0.274. The molecule has 3 rings (SSSR count). The van der Waals surface area contributed by atoms with E-state index in [0.29, 0.717) is 6.07 Å². The van der Waals surface area contributed by atoms with Crippen molar-refractivity contribution < 1.29 is 40.2 Å². The molecule has 1 heterocycles. The Bertz CT molecular complexity index is 1350. The third-order valence-corrected chi connectivity index (χ3v) is 7.37. The lowest BCUT2D eigenvalue weighted by Crippen LogP contribution is -2.44. The normalized spacial score (nSPS) is 12.2. The summed E-state index contributed by atoms with van der Waals surface area (Å²) in [4.78, 5) is 16.3. The van der Waals surface area contributed by atoms with Gasteiger partial charge in [0.05, 0.1) is 21.8 Å².